The van der Waals surface area contributed by atoms with E-state index in [9.17, 15) is 9.59 Å². The number of fused-ring (bicyclic) bond motifs is 1. The minimum absolute atomic E-state index is 0.0252. The largest absolute Gasteiger partial charge is 0.366 e. The van der Waals surface area contributed by atoms with Crippen LogP contribution in [0, 0.1) is 11.3 Å². The van der Waals surface area contributed by atoms with Gasteiger partial charge in [0.05, 0.1) is 17.5 Å². The minimum Gasteiger partial charge on any atom is -0.366 e. The van der Waals surface area contributed by atoms with E-state index in [1.54, 1.807) is 7.05 Å². The number of aromatic nitrogens is 2. The zero-order valence-electron chi connectivity index (χ0n) is 20.4. The Labute approximate surface area is 203 Å². The van der Waals surface area contributed by atoms with Crippen LogP contribution >= 0.6 is 0 Å². The lowest BCUT2D eigenvalue weighted by molar-refractivity contribution is -0.169. The Hall–Kier alpha value is -3.30. The topological polar surface area (TPSA) is 90.5 Å². The first-order valence-corrected chi connectivity index (χ1v) is 11.9. The summed E-state index contributed by atoms with van der Waals surface area (Å²) in [7, 11) is 1.60. The molecule has 35 heavy (non-hydrogen) atoms. The molecule has 2 amide bonds. The quantitative estimate of drug-likeness (QED) is 0.558. The number of nitrogens with one attached hydrogen (secondary N) is 2. The van der Waals surface area contributed by atoms with Gasteiger partial charge in [-0.15, -0.1) is 0 Å². The molecule has 2 fully saturated rings. The van der Waals surface area contributed by atoms with Crippen molar-refractivity contribution >= 4 is 34.5 Å². The van der Waals surface area contributed by atoms with Gasteiger partial charge in [0.2, 0.25) is 17.8 Å². The molecule has 0 aliphatic carbocycles. The van der Waals surface area contributed by atoms with Crippen molar-refractivity contribution in [3.8, 4) is 0 Å². The molecule has 2 saturated heterocycles. The highest BCUT2D eigenvalue weighted by atomic mass is 19.3. The SMILES string of the molecule is C=CC(=O)N1CC2(C1)CN(c1nc(N[C@H](CC(=O)NC)CC(C)C)c3ccccc3n1)CC2(F)F. The predicted molar refractivity (Wildman–Crippen MR) is 131 cm³/mol. The van der Waals surface area contributed by atoms with Crippen molar-refractivity contribution in [2.24, 2.45) is 11.3 Å². The summed E-state index contributed by atoms with van der Waals surface area (Å²) >= 11 is 0. The van der Waals surface area contributed by atoms with Crippen LogP contribution in [-0.2, 0) is 9.59 Å². The highest BCUT2D eigenvalue weighted by Gasteiger charge is 2.66. The molecule has 2 aliphatic heterocycles. The third kappa shape index (κ3) is 4.78. The number of halogens is 2. The van der Waals surface area contributed by atoms with Crippen molar-refractivity contribution in [1.82, 2.24) is 20.2 Å². The van der Waals surface area contributed by atoms with Crippen LogP contribution in [0.5, 0.6) is 0 Å². The van der Waals surface area contributed by atoms with Gasteiger partial charge >= 0.3 is 0 Å². The summed E-state index contributed by atoms with van der Waals surface area (Å²) < 4.78 is 30.3. The highest BCUT2D eigenvalue weighted by molar-refractivity contribution is 5.90. The second kappa shape index (κ2) is 9.39. The molecule has 2 aliphatic rings. The van der Waals surface area contributed by atoms with Crippen molar-refractivity contribution in [3.05, 3.63) is 36.9 Å². The third-order valence-electron chi connectivity index (χ3n) is 6.81. The molecule has 8 nitrogen and oxygen atoms in total. The molecule has 2 N–H and O–H groups in total. The van der Waals surface area contributed by atoms with Crippen LogP contribution < -0.4 is 15.5 Å². The van der Waals surface area contributed by atoms with Gasteiger partial charge in [-0.05, 0) is 30.5 Å². The van der Waals surface area contributed by atoms with Crippen molar-refractivity contribution in [1.29, 1.82) is 0 Å². The first kappa shape index (κ1) is 24.8. The summed E-state index contributed by atoms with van der Waals surface area (Å²) in [5, 5.41) is 6.81. The summed E-state index contributed by atoms with van der Waals surface area (Å²) in [5.74, 6) is -2.37. The number of anilines is 2. The molecule has 1 atom stereocenters. The second-order valence-corrected chi connectivity index (χ2v) is 9.98. The molecule has 10 heteroatoms. The number of benzene rings is 1. The van der Waals surface area contributed by atoms with E-state index in [1.165, 1.54) is 9.80 Å². The number of rotatable bonds is 8. The number of amides is 2. The van der Waals surface area contributed by atoms with Gasteiger partial charge in [-0.3, -0.25) is 9.59 Å². The van der Waals surface area contributed by atoms with E-state index < -0.39 is 17.9 Å². The Morgan fingerprint density at radius 3 is 2.54 bits per heavy atom. The highest BCUT2D eigenvalue weighted by Crippen LogP contribution is 2.50. The first-order valence-electron chi connectivity index (χ1n) is 11.9. The Morgan fingerprint density at radius 2 is 1.89 bits per heavy atom. The molecule has 4 rings (SSSR count). The zero-order chi connectivity index (χ0) is 25.4. The zero-order valence-corrected chi connectivity index (χ0v) is 20.4. The van der Waals surface area contributed by atoms with Gasteiger partial charge in [0.15, 0.2) is 0 Å². The molecule has 188 valence electrons. The molecule has 1 aromatic carbocycles. The van der Waals surface area contributed by atoms with E-state index in [-0.39, 0.29) is 49.9 Å². The number of para-hydroxylation sites is 1. The van der Waals surface area contributed by atoms with Crippen LogP contribution in [0.2, 0.25) is 0 Å². The summed E-state index contributed by atoms with van der Waals surface area (Å²) in [4.78, 5) is 36.1. The fourth-order valence-corrected chi connectivity index (χ4v) is 4.98. The standard InChI is InChI=1S/C25H32F2N6O2/c1-5-21(35)32-12-24(13-32)14-33(15-25(24,26)27)23-30-19-9-7-6-8-18(19)22(31-23)29-17(10-16(2)3)11-20(34)28-4/h5-9,16-17H,1,10-15H2,2-4H3,(H,28,34)(H,29,30,31)/t17-/m0/s1. The summed E-state index contributed by atoms with van der Waals surface area (Å²) in [5.41, 5.74) is -0.696. The second-order valence-electron chi connectivity index (χ2n) is 9.98. The normalized spacial score (nSPS) is 19.0. The maximum absolute atomic E-state index is 15.2. The third-order valence-corrected chi connectivity index (χ3v) is 6.81. The summed E-state index contributed by atoms with van der Waals surface area (Å²) in [6.07, 6.45) is 2.15. The summed E-state index contributed by atoms with van der Waals surface area (Å²) in [6, 6.07) is 7.21. The number of hydrogen-bond donors (Lipinski definition) is 2. The van der Waals surface area contributed by atoms with Crippen LogP contribution in [0.1, 0.15) is 26.7 Å². The number of carbonyl (C=O) groups is 2. The first-order chi connectivity index (χ1) is 16.6. The lowest BCUT2D eigenvalue weighted by Gasteiger charge is -2.49. The molecule has 1 aromatic heterocycles. The van der Waals surface area contributed by atoms with Crippen LogP contribution in [0.4, 0.5) is 20.5 Å². The van der Waals surface area contributed by atoms with Crippen molar-refractivity contribution < 1.29 is 18.4 Å². The number of alkyl halides is 2. The number of nitrogens with zero attached hydrogens (tertiary/aromatic N) is 4. The lowest BCUT2D eigenvalue weighted by Crippen LogP contribution is -2.65. The van der Waals surface area contributed by atoms with Crippen molar-refractivity contribution in [2.45, 2.75) is 38.7 Å². The molecule has 0 radical (unpaired) electrons. The molecule has 2 aromatic rings. The monoisotopic (exact) mass is 486 g/mol. The van der Waals surface area contributed by atoms with E-state index in [1.807, 2.05) is 24.3 Å². The van der Waals surface area contributed by atoms with Crippen LogP contribution in [-0.4, -0.2) is 71.9 Å². The van der Waals surface area contributed by atoms with Crippen molar-refractivity contribution in [2.75, 3.05) is 43.4 Å². The average Bonchev–Trinajstić information content (AvgIpc) is 3.08. The van der Waals surface area contributed by atoms with Gasteiger partial charge in [0, 0.05) is 44.5 Å². The average molecular weight is 487 g/mol. The smallest absolute Gasteiger partial charge is 0.275 e. The van der Waals surface area contributed by atoms with E-state index >= 15 is 8.78 Å². The molecule has 0 saturated carbocycles. The van der Waals surface area contributed by atoms with E-state index in [0.717, 1.165) is 17.9 Å². The fraction of sp³-hybridized carbons (Fsp3) is 0.520. The molecule has 1 spiro atoms. The Balaban J connectivity index is 1.64. The predicted octanol–water partition coefficient (Wildman–Crippen LogP) is 3.06. The van der Waals surface area contributed by atoms with Gasteiger partial charge in [-0.25, -0.2) is 13.8 Å². The summed E-state index contributed by atoms with van der Waals surface area (Å²) in [6.45, 7) is 7.07. The van der Waals surface area contributed by atoms with Gasteiger partial charge in [0.1, 0.15) is 5.82 Å². The van der Waals surface area contributed by atoms with Gasteiger partial charge < -0.3 is 20.4 Å². The van der Waals surface area contributed by atoms with Crippen LogP contribution in [0.3, 0.4) is 0 Å². The van der Waals surface area contributed by atoms with E-state index in [4.69, 9.17) is 0 Å². The molecular weight excluding hydrogens is 454 g/mol. The number of carbonyl (C=O) groups excluding carboxylic acids is 2. The van der Waals surface area contributed by atoms with Crippen LogP contribution in [0.25, 0.3) is 10.9 Å². The van der Waals surface area contributed by atoms with Gasteiger partial charge in [0.25, 0.3) is 5.92 Å². The molecule has 0 bridgehead atoms. The Bertz CT molecular complexity index is 1130. The minimum atomic E-state index is -2.99. The lowest BCUT2D eigenvalue weighted by atomic mass is 9.76. The maximum atomic E-state index is 15.2. The number of hydrogen-bond acceptors (Lipinski definition) is 6. The van der Waals surface area contributed by atoms with Gasteiger partial charge in [-0.1, -0.05) is 32.6 Å². The van der Waals surface area contributed by atoms with E-state index in [0.29, 0.717) is 17.3 Å². The van der Waals surface area contributed by atoms with Crippen LogP contribution in [0.15, 0.2) is 36.9 Å². The van der Waals surface area contributed by atoms with Gasteiger partial charge in [-0.2, -0.15) is 4.98 Å². The molecule has 0 unspecified atom stereocenters. The molecular formula is C25H32F2N6O2. The Morgan fingerprint density at radius 1 is 1.17 bits per heavy atom. The van der Waals surface area contributed by atoms with E-state index in [2.05, 4.69) is 41.0 Å². The fourth-order valence-electron chi connectivity index (χ4n) is 4.98. The van der Waals surface area contributed by atoms with Crippen molar-refractivity contribution in [3.63, 3.8) is 0 Å². The Kier molecular flexibility index (Phi) is 6.66. The maximum Gasteiger partial charge on any atom is 0.275 e. The molecule has 3 heterocycles. The number of likely N-dealkylation sites (tertiary alicyclic amines) is 1.